The molecule has 4 fully saturated rings. The van der Waals surface area contributed by atoms with Gasteiger partial charge in [-0.15, -0.1) is 0 Å². The molecule has 4 bridgehead atoms. The van der Waals surface area contributed by atoms with Crippen molar-refractivity contribution < 1.29 is 0 Å². The van der Waals surface area contributed by atoms with Crippen molar-refractivity contribution in [3.05, 3.63) is 71.8 Å². The van der Waals surface area contributed by atoms with E-state index in [4.69, 9.17) is 5.10 Å². The van der Waals surface area contributed by atoms with Crippen molar-refractivity contribution in [3.8, 4) is 0 Å². The van der Waals surface area contributed by atoms with E-state index in [2.05, 4.69) is 62.3 Å². The van der Waals surface area contributed by atoms with Gasteiger partial charge in [-0.2, -0.15) is 10.2 Å². The molecule has 0 radical (unpaired) electrons. The number of benzene rings is 2. The molecule has 2 aromatic rings. The van der Waals surface area contributed by atoms with Gasteiger partial charge in [0.2, 0.25) is 0 Å². The predicted molar refractivity (Wildman–Crippen MR) is 104 cm³/mol. The lowest BCUT2D eigenvalue weighted by molar-refractivity contribution is -0.149. The smallest absolute Gasteiger partial charge is 0.0802 e. The number of hydrogen-bond donors (Lipinski definition) is 0. The van der Waals surface area contributed by atoms with Crippen LogP contribution < -0.4 is 0 Å². The maximum atomic E-state index is 4.79. The molecule has 26 heavy (non-hydrogen) atoms. The van der Waals surface area contributed by atoms with Gasteiger partial charge in [-0.3, -0.25) is 14.7 Å². The minimum Gasteiger partial charge on any atom is -0.276 e. The van der Waals surface area contributed by atoms with Crippen LogP contribution in [0.3, 0.4) is 0 Å². The first-order valence-corrected chi connectivity index (χ1v) is 9.20. The summed E-state index contributed by atoms with van der Waals surface area (Å²) in [5.41, 5.74) is 3.41. The van der Waals surface area contributed by atoms with Gasteiger partial charge in [-0.05, 0) is 11.1 Å². The fourth-order valence-electron chi connectivity index (χ4n) is 4.70. The molecule has 4 aliphatic heterocycles. The Balaban J connectivity index is 1.53. The fourth-order valence-corrected chi connectivity index (χ4v) is 4.70. The Bertz CT molecular complexity index is 793. The average Bonchev–Trinajstić information content (AvgIpc) is 2.65. The van der Waals surface area contributed by atoms with Crippen LogP contribution in [0.2, 0.25) is 0 Å². The van der Waals surface area contributed by atoms with Gasteiger partial charge in [0.25, 0.3) is 0 Å². The van der Waals surface area contributed by atoms with Crippen LogP contribution in [0.1, 0.15) is 11.1 Å². The van der Waals surface area contributed by atoms with Crippen molar-refractivity contribution in [3.63, 3.8) is 0 Å². The first-order chi connectivity index (χ1) is 12.8. The van der Waals surface area contributed by atoms with Gasteiger partial charge in [-0.1, -0.05) is 60.7 Å². The topological polar surface area (TPSA) is 34.4 Å². The van der Waals surface area contributed by atoms with Crippen LogP contribution in [0.25, 0.3) is 0 Å². The molecule has 0 amide bonds. The highest BCUT2D eigenvalue weighted by Crippen LogP contribution is 2.38. The Hall–Kier alpha value is -2.34. The van der Waals surface area contributed by atoms with Crippen LogP contribution in [-0.2, 0) is 0 Å². The van der Waals surface area contributed by atoms with Crippen molar-refractivity contribution >= 4 is 11.9 Å². The van der Waals surface area contributed by atoms with Gasteiger partial charge >= 0.3 is 0 Å². The van der Waals surface area contributed by atoms with Crippen molar-refractivity contribution in [2.75, 3.05) is 39.6 Å². The standard InChI is InChI=1S/C21H23N5/c1-3-7-18(8-4-1)11-22-23-20(19-9-5-2-6-10-19)21-12-24-15-25(13-21)17-26(14-21)16-24/h1-11H,12-17H2/b22-11-,23-20-. The van der Waals surface area contributed by atoms with Crippen LogP contribution in [-0.4, -0.2) is 66.3 Å². The zero-order valence-corrected chi connectivity index (χ0v) is 14.8. The molecule has 5 nitrogen and oxygen atoms in total. The summed E-state index contributed by atoms with van der Waals surface area (Å²) in [5, 5.41) is 9.27. The Morgan fingerprint density at radius 2 is 1.31 bits per heavy atom. The highest BCUT2D eigenvalue weighted by atomic mass is 15.5. The van der Waals surface area contributed by atoms with Gasteiger partial charge in [0, 0.05) is 19.6 Å². The quantitative estimate of drug-likeness (QED) is 0.630. The molecule has 0 atom stereocenters. The lowest BCUT2D eigenvalue weighted by Gasteiger charge is -2.60. The fraction of sp³-hybridized carbons (Fsp3) is 0.333. The van der Waals surface area contributed by atoms with Crippen molar-refractivity contribution in [2.24, 2.45) is 15.6 Å². The molecular formula is C21H23N5. The van der Waals surface area contributed by atoms with E-state index < -0.39 is 0 Å². The first kappa shape index (κ1) is 15.9. The Kier molecular flexibility index (Phi) is 3.93. The van der Waals surface area contributed by atoms with E-state index in [9.17, 15) is 0 Å². The molecular weight excluding hydrogens is 322 g/mol. The van der Waals surface area contributed by atoms with E-state index in [1.165, 1.54) is 5.56 Å². The molecule has 0 saturated carbocycles. The minimum atomic E-state index is 0.0319. The SMILES string of the molecule is C(=N/N=C(/c1ccccc1)C12CN3CN(CN(C3)C1)C2)/c1ccccc1. The zero-order valence-electron chi connectivity index (χ0n) is 14.8. The lowest BCUT2D eigenvalue weighted by atomic mass is 9.74. The molecule has 6 rings (SSSR count). The Morgan fingerprint density at radius 3 is 1.88 bits per heavy atom. The molecule has 132 valence electrons. The third kappa shape index (κ3) is 2.88. The van der Waals surface area contributed by atoms with Gasteiger partial charge < -0.3 is 0 Å². The summed E-state index contributed by atoms with van der Waals surface area (Å²) in [6.45, 7) is 6.42. The molecule has 0 aliphatic carbocycles. The number of rotatable bonds is 4. The summed E-state index contributed by atoms with van der Waals surface area (Å²) in [7, 11) is 0. The largest absolute Gasteiger partial charge is 0.276 e. The van der Waals surface area contributed by atoms with E-state index in [-0.39, 0.29) is 5.41 Å². The second-order valence-electron chi connectivity index (χ2n) is 7.66. The van der Waals surface area contributed by atoms with E-state index in [1.807, 2.05) is 24.4 Å². The Morgan fingerprint density at radius 1 is 0.769 bits per heavy atom. The third-order valence-corrected chi connectivity index (χ3v) is 5.49. The summed E-state index contributed by atoms with van der Waals surface area (Å²) in [6.07, 6.45) is 1.85. The van der Waals surface area contributed by atoms with Gasteiger partial charge in [0.1, 0.15) is 0 Å². The van der Waals surface area contributed by atoms with Gasteiger partial charge in [-0.25, -0.2) is 0 Å². The van der Waals surface area contributed by atoms with E-state index >= 15 is 0 Å². The summed E-state index contributed by atoms with van der Waals surface area (Å²) in [6, 6.07) is 20.7. The molecule has 4 heterocycles. The molecule has 0 aromatic heterocycles. The lowest BCUT2D eigenvalue weighted by Crippen LogP contribution is -2.74. The van der Waals surface area contributed by atoms with E-state index in [0.29, 0.717) is 0 Å². The monoisotopic (exact) mass is 345 g/mol. The van der Waals surface area contributed by atoms with Gasteiger partial charge in [0.15, 0.2) is 0 Å². The van der Waals surface area contributed by atoms with E-state index in [1.54, 1.807) is 0 Å². The van der Waals surface area contributed by atoms with E-state index in [0.717, 1.165) is 50.9 Å². The Labute approximate surface area is 154 Å². The molecule has 0 spiro atoms. The maximum absolute atomic E-state index is 4.79. The summed E-state index contributed by atoms with van der Waals surface area (Å²) < 4.78 is 0. The van der Waals surface area contributed by atoms with Gasteiger partial charge in [0.05, 0.1) is 37.3 Å². The van der Waals surface area contributed by atoms with Crippen molar-refractivity contribution in [2.45, 2.75) is 0 Å². The summed E-state index contributed by atoms with van der Waals surface area (Å²) in [5.74, 6) is 0. The number of hydrogen-bond acceptors (Lipinski definition) is 5. The molecule has 4 aliphatic rings. The van der Waals surface area contributed by atoms with Crippen molar-refractivity contribution in [1.29, 1.82) is 0 Å². The van der Waals surface area contributed by atoms with Crippen LogP contribution in [0.5, 0.6) is 0 Å². The second-order valence-corrected chi connectivity index (χ2v) is 7.66. The number of nitrogens with zero attached hydrogens (tertiary/aromatic N) is 5. The maximum Gasteiger partial charge on any atom is 0.0802 e. The van der Waals surface area contributed by atoms with Crippen molar-refractivity contribution in [1.82, 2.24) is 14.7 Å². The zero-order chi connectivity index (χ0) is 17.4. The molecule has 2 aromatic carbocycles. The molecule has 0 N–H and O–H groups in total. The predicted octanol–water partition coefficient (Wildman–Crippen LogP) is 2.32. The van der Waals surface area contributed by atoms with Crippen LogP contribution in [0.4, 0.5) is 0 Å². The first-order valence-electron chi connectivity index (χ1n) is 9.20. The van der Waals surface area contributed by atoms with Crippen LogP contribution in [0.15, 0.2) is 70.9 Å². The molecule has 5 heteroatoms. The summed E-state index contributed by atoms with van der Waals surface area (Å²) in [4.78, 5) is 7.57. The highest BCUT2D eigenvalue weighted by Gasteiger charge is 2.51. The van der Waals surface area contributed by atoms with Crippen LogP contribution in [0, 0.1) is 5.41 Å². The summed E-state index contributed by atoms with van der Waals surface area (Å²) >= 11 is 0. The molecule has 0 unspecified atom stereocenters. The molecule has 4 saturated heterocycles. The normalized spacial score (nSPS) is 33.1. The highest BCUT2D eigenvalue weighted by molar-refractivity contribution is 6.05. The second kappa shape index (κ2) is 6.43. The minimum absolute atomic E-state index is 0.0319. The third-order valence-electron chi connectivity index (χ3n) is 5.49. The average molecular weight is 345 g/mol. The van der Waals surface area contributed by atoms with Crippen LogP contribution >= 0.6 is 0 Å².